The van der Waals surface area contributed by atoms with E-state index in [1.165, 1.54) is 42.9 Å². The van der Waals surface area contributed by atoms with Crippen molar-refractivity contribution in [1.82, 2.24) is 0 Å². The Morgan fingerprint density at radius 3 is 2.58 bits per heavy atom. The van der Waals surface area contributed by atoms with Gasteiger partial charge in [0, 0.05) is 6.08 Å². The summed E-state index contributed by atoms with van der Waals surface area (Å²) in [7, 11) is 0. The van der Waals surface area contributed by atoms with Gasteiger partial charge in [0.25, 0.3) is 0 Å². The quantitative estimate of drug-likeness (QED) is 0.834. The molecular weight excluding hydrogens is 236 g/mol. The first-order chi connectivity index (χ1) is 9.24. The largest absolute Gasteiger partial charge is 0.478 e. The van der Waals surface area contributed by atoms with Gasteiger partial charge < -0.3 is 5.11 Å². The zero-order chi connectivity index (χ0) is 13.2. The van der Waals surface area contributed by atoms with Gasteiger partial charge >= 0.3 is 5.97 Å². The number of carboxylic acid groups (broad SMARTS) is 1. The van der Waals surface area contributed by atoms with E-state index >= 15 is 0 Å². The van der Waals surface area contributed by atoms with E-state index < -0.39 is 5.97 Å². The number of hydrogen-bond donors (Lipinski definition) is 1. The van der Waals surface area contributed by atoms with Gasteiger partial charge in [0.2, 0.25) is 0 Å². The van der Waals surface area contributed by atoms with Crippen molar-refractivity contribution >= 4 is 11.5 Å². The number of allylic oxidation sites excluding steroid dienone is 1. The van der Waals surface area contributed by atoms with Gasteiger partial charge in [0.15, 0.2) is 0 Å². The lowest BCUT2D eigenvalue weighted by atomic mass is 9.89. The second kappa shape index (κ2) is 5.20. The van der Waals surface area contributed by atoms with Gasteiger partial charge in [0.05, 0.1) is 0 Å². The third-order valence-electron chi connectivity index (χ3n) is 4.51. The van der Waals surface area contributed by atoms with E-state index in [9.17, 15) is 4.79 Å². The monoisotopic (exact) mass is 256 g/mol. The number of fused-ring (bicyclic) bond motifs is 1. The molecule has 0 atom stereocenters. The summed E-state index contributed by atoms with van der Waals surface area (Å²) in [6.07, 6.45) is 9.73. The second-order valence-electron chi connectivity index (χ2n) is 5.76. The highest BCUT2D eigenvalue weighted by molar-refractivity contribution is 5.90. The van der Waals surface area contributed by atoms with Gasteiger partial charge in [-0.2, -0.15) is 0 Å². The lowest BCUT2D eigenvalue weighted by Crippen LogP contribution is -2.02. The summed E-state index contributed by atoms with van der Waals surface area (Å²) in [5.74, 6) is -0.377. The highest BCUT2D eigenvalue weighted by Crippen LogP contribution is 2.37. The van der Waals surface area contributed by atoms with E-state index in [1.807, 2.05) is 0 Å². The first-order valence-electron chi connectivity index (χ1n) is 7.31. The van der Waals surface area contributed by atoms with E-state index in [1.54, 1.807) is 0 Å². The summed E-state index contributed by atoms with van der Waals surface area (Å²) in [4.78, 5) is 11.1. The standard InChI is InChI=1S/C17H20O2/c18-17(19)11-16(13-4-1-2-5-13)15-9-8-12-6-3-7-14(12)10-15/h8-11,13H,1-7H2,(H,18,19)/b16-11+. The molecular formula is C17H20O2. The molecule has 0 amide bonds. The molecule has 0 spiro atoms. The number of aliphatic carboxylic acids is 1. The summed E-state index contributed by atoms with van der Waals surface area (Å²) in [5, 5.41) is 9.12. The lowest BCUT2D eigenvalue weighted by molar-refractivity contribution is -0.131. The van der Waals surface area contributed by atoms with Crippen molar-refractivity contribution < 1.29 is 9.90 Å². The van der Waals surface area contributed by atoms with Crippen molar-refractivity contribution in [2.24, 2.45) is 5.92 Å². The minimum Gasteiger partial charge on any atom is -0.478 e. The molecule has 1 saturated carbocycles. The average molecular weight is 256 g/mol. The van der Waals surface area contributed by atoms with Crippen LogP contribution >= 0.6 is 0 Å². The Labute approximate surface area is 114 Å². The number of aryl methyl sites for hydroxylation is 2. The smallest absolute Gasteiger partial charge is 0.328 e. The van der Waals surface area contributed by atoms with Crippen LogP contribution in [0.4, 0.5) is 0 Å². The molecule has 2 nitrogen and oxygen atoms in total. The predicted molar refractivity (Wildman–Crippen MR) is 76.0 cm³/mol. The highest BCUT2D eigenvalue weighted by atomic mass is 16.4. The van der Waals surface area contributed by atoms with Gasteiger partial charge in [-0.3, -0.25) is 0 Å². The van der Waals surface area contributed by atoms with Crippen molar-refractivity contribution in [1.29, 1.82) is 0 Å². The molecule has 0 unspecified atom stereocenters. The molecule has 0 radical (unpaired) electrons. The Bertz CT molecular complexity index is 522. The molecule has 0 saturated heterocycles. The predicted octanol–water partition coefficient (Wildman–Crippen LogP) is 3.83. The zero-order valence-electron chi connectivity index (χ0n) is 11.2. The van der Waals surface area contributed by atoms with Gasteiger partial charge in [-0.1, -0.05) is 31.0 Å². The van der Waals surface area contributed by atoms with E-state index in [0.717, 1.165) is 30.4 Å². The number of rotatable bonds is 3. The van der Waals surface area contributed by atoms with Crippen LogP contribution in [0.3, 0.4) is 0 Å². The van der Waals surface area contributed by atoms with E-state index in [4.69, 9.17) is 5.11 Å². The van der Waals surface area contributed by atoms with E-state index in [2.05, 4.69) is 18.2 Å². The van der Waals surface area contributed by atoms with Gasteiger partial charge in [-0.25, -0.2) is 4.79 Å². The van der Waals surface area contributed by atoms with Crippen LogP contribution in [-0.4, -0.2) is 11.1 Å². The fraction of sp³-hybridized carbons (Fsp3) is 0.471. The molecule has 19 heavy (non-hydrogen) atoms. The average Bonchev–Trinajstić information content (AvgIpc) is 3.06. The Morgan fingerprint density at radius 1 is 1.11 bits per heavy atom. The number of hydrogen-bond acceptors (Lipinski definition) is 1. The van der Waals surface area contributed by atoms with Crippen LogP contribution in [0.2, 0.25) is 0 Å². The molecule has 0 aromatic heterocycles. The Hall–Kier alpha value is -1.57. The molecule has 1 fully saturated rings. The summed E-state index contributed by atoms with van der Waals surface area (Å²) in [5.41, 5.74) is 5.05. The molecule has 0 aliphatic heterocycles. The summed E-state index contributed by atoms with van der Waals surface area (Å²) in [6.45, 7) is 0. The Morgan fingerprint density at radius 2 is 1.84 bits per heavy atom. The van der Waals surface area contributed by atoms with Crippen LogP contribution < -0.4 is 0 Å². The molecule has 2 aliphatic rings. The van der Waals surface area contributed by atoms with Crippen molar-refractivity contribution in [2.75, 3.05) is 0 Å². The molecule has 0 heterocycles. The van der Waals surface area contributed by atoms with Crippen LogP contribution in [-0.2, 0) is 17.6 Å². The fourth-order valence-electron chi connectivity index (χ4n) is 3.56. The highest BCUT2D eigenvalue weighted by Gasteiger charge is 2.22. The molecule has 1 aromatic rings. The van der Waals surface area contributed by atoms with Gasteiger partial charge in [-0.15, -0.1) is 0 Å². The first-order valence-corrected chi connectivity index (χ1v) is 7.31. The van der Waals surface area contributed by atoms with Gasteiger partial charge in [-0.05, 0) is 60.3 Å². The SMILES string of the molecule is O=C(O)/C=C(/c1ccc2c(c1)CCC2)C1CCCC1. The lowest BCUT2D eigenvalue weighted by Gasteiger charge is -2.15. The maximum Gasteiger partial charge on any atom is 0.328 e. The van der Waals surface area contributed by atoms with E-state index in [0.29, 0.717) is 5.92 Å². The third kappa shape index (κ3) is 2.58. The van der Waals surface area contributed by atoms with Crippen LogP contribution in [0, 0.1) is 5.92 Å². The summed E-state index contributed by atoms with van der Waals surface area (Å²) in [6, 6.07) is 6.55. The Kier molecular flexibility index (Phi) is 3.41. The van der Waals surface area contributed by atoms with Crippen LogP contribution in [0.1, 0.15) is 48.8 Å². The maximum absolute atomic E-state index is 11.1. The molecule has 100 valence electrons. The summed E-state index contributed by atoms with van der Waals surface area (Å²) < 4.78 is 0. The van der Waals surface area contributed by atoms with Gasteiger partial charge in [0.1, 0.15) is 0 Å². The topological polar surface area (TPSA) is 37.3 Å². The van der Waals surface area contributed by atoms with Crippen molar-refractivity contribution in [3.05, 3.63) is 41.0 Å². The first kappa shape index (κ1) is 12.5. The Balaban J connectivity index is 1.97. The molecule has 2 heteroatoms. The van der Waals surface area contributed by atoms with Crippen LogP contribution in [0.5, 0.6) is 0 Å². The minimum absolute atomic E-state index is 0.440. The van der Waals surface area contributed by atoms with E-state index in [-0.39, 0.29) is 0 Å². The van der Waals surface area contributed by atoms with Crippen molar-refractivity contribution in [3.8, 4) is 0 Å². The normalized spacial score (nSPS) is 19.7. The molecule has 3 rings (SSSR count). The third-order valence-corrected chi connectivity index (χ3v) is 4.51. The van der Waals surface area contributed by atoms with Crippen LogP contribution in [0.15, 0.2) is 24.3 Å². The maximum atomic E-state index is 11.1. The minimum atomic E-state index is -0.817. The number of benzene rings is 1. The summed E-state index contributed by atoms with van der Waals surface area (Å²) >= 11 is 0. The molecule has 0 bridgehead atoms. The molecule has 1 aromatic carbocycles. The van der Waals surface area contributed by atoms with Crippen molar-refractivity contribution in [3.63, 3.8) is 0 Å². The van der Waals surface area contributed by atoms with Crippen LogP contribution in [0.25, 0.3) is 5.57 Å². The molecule has 1 N–H and O–H groups in total. The number of carbonyl (C=O) groups is 1. The number of carboxylic acids is 1. The second-order valence-corrected chi connectivity index (χ2v) is 5.76. The van der Waals surface area contributed by atoms with Crippen molar-refractivity contribution in [2.45, 2.75) is 44.9 Å². The fourth-order valence-corrected chi connectivity index (χ4v) is 3.56. The molecule has 2 aliphatic carbocycles. The zero-order valence-corrected chi connectivity index (χ0v) is 11.2.